The number of hydrogen-bond acceptors (Lipinski definition) is 6. The predicted molar refractivity (Wildman–Crippen MR) is 155 cm³/mol. The van der Waals surface area contributed by atoms with Gasteiger partial charge >= 0.3 is 5.97 Å². The van der Waals surface area contributed by atoms with Crippen LogP contribution in [0.3, 0.4) is 0 Å². The Balaban J connectivity index is 1.41. The molecule has 1 aliphatic heterocycles. The first kappa shape index (κ1) is 27.6. The lowest BCUT2D eigenvalue weighted by atomic mass is 10.0. The molecule has 210 valence electrons. The lowest BCUT2D eigenvalue weighted by Gasteiger charge is -2.31. The summed E-state index contributed by atoms with van der Waals surface area (Å²) in [5.41, 5.74) is 4.65. The maximum absolute atomic E-state index is 13.0. The summed E-state index contributed by atoms with van der Waals surface area (Å²) in [6.07, 6.45) is 8.95. The van der Waals surface area contributed by atoms with E-state index in [1.807, 2.05) is 13.0 Å². The average molecular weight is 534 g/mol. The Morgan fingerprint density at radius 2 is 1.90 bits per heavy atom. The third kappa shape index (κ3) is 6.44. The van der Waals surface area contributed by atoms with E-state index >= 15 is 0 Å². The number of pyridine rings is 1. The number of imidazole rings is 1. The number of aromatic amines is 1. The fourth-order valence-corrected chi connectivity index (χ4v) is 6.04. The van der Waals surface area contributed by atoms with Crippen LogP contribution in [0.2, 0.25) is 0 Å². The van der Waals surface area contributed by atoms with Crippen LogP contribution in [0.25, 0.3) is 22.4 Å². The number of ether oxygens (including phenoxy) is 1. The fourth-order valence-electron chi connectivity index (χ4n) is 6.04. The van der Waals surface area contributed by atoms with Crippen molar-refractivity contribution in [2.24, 2.45) is 5.92 Å². The molecule has 5 rings (SSSR count). The van der Waals surface area contributed by atoms with E-state index in [-0.39, 0.29) is 23.7 Å². The predicted octanol–water partition coefficient (Wildman–Crippen LogP) is 4.96. The highest BCUT2D eigenvalue weighted by Crippen LogP contribution is 2.33. The van der Waals surface area contributed by atoms with Gasteiger partial charge in [-0.05, 0) is 102 Å². The van der Waals surface area contributed by atoms with Crippen LogP contribution in [0.1, 0.15) is 76.0 Å². The second-order valence-corrected chi connectivity index (χ2v) is 12.0. The van der Waals surface area contributed by atoms with Gasteiger partial charge in [0.05, 0.1) is 11.0 Å². The Morgan fingerprint density at radius 1 is 1.15 bits per heavy atom. The molecule has 1 saturated carbocycles. The molecule has 8 nitrogen and oxygen atoms in total. The SMILES string of the molecule is Cc1cc(-c2nc3cc(CN[C@@H](CC(C)C)C(=O)OC4CCCC4)ccc3n2C2CCN(C)CC2)c[nH]c1=O. The Hall–Kier alpha value is -2.97. The van der Waals surface area contributed by atoms with Crippen LogP contribution in [-0.2, 0) is 16.1 Å². The van der Waals surface area contributed by atoms with Crippen LogP contribution >= 0.6 is 0 Å². The maximum atomic E-state index is 13.0. The van der Waals surface area contributed by atoms with E-state index in [1.54, 1.807) is 6.20 Å². The lowest BCUT2D eigenvalue weighted by molar-refractivity contribution is -0.151. The molecule has 0 amide bonds. The zero-order valence-corrected chi connectivity index (χ0v) is 23.8. The number of H-pyrrole nitrogens is 1. The van der Waals surface area contributed by atoms with Crippen LogP contribution in [0.15, 0.2) is 35.3 Å². The highest BCUT2D eigenvalue weighted by Gasteiger charge is 2.27. The highest BCUT2D eigenvalue weighted by atomic mass is 16.5. The molecular weight excluding hydrogens is 490 g/mol. The second kappa shape index (κ2) is 12.0. The Kier molecular flexibility index (Phi) is 8.52. The Labute approximate surface area is 231 Å². The van der Waals surface area contributed by atoms with Gasteiger partial charge in [-0.25, -0.2) is 4.98 Å². The summed E-state index contributed by atoms with van der Waals surface area (Å²) < 4.78 is 8.22. The van der Waals surface area contributed by atoms with Crippen LogP contribution in [-0.4, -0.2) is 57.7 Å². The largest absolute Gasteiger partial charge is 0.461 e. The van der Waals surface area contributed by atoms with Gasteiger partial charge in [0.15, 0.2) is 0 Å². The number of carbonyl (C=O) groups excluding carboxylic acids is 1. The molecule has 0 unspecified atom stereocenters. The summed E-state index contributed by atoms with van der Waals surface area (Å²) in [6.45, 7) is 8.77. The normalized spacial score (nSPS) is 18.3. The van der Waals surface area contributed by atoms with E-state index in [4.69, 9.17) is 9.72 Å². The molecule has 2 N–H and O–H groups in total. The molecular formula is C31H43N5O3. The summed E-state index contributed by atoms with van der Waals surface area (Å²) in [5, 5.41) is 3.49. The third-order valence-electron chi connectivity index (χ3n) is 8.28. The summed E-state index contributed by atoms with van der Waals surface area (Å²) >= 11 is 0. The van der Waals surface area contributed by atoms with Crippen molar-refractivity contribution in [1.82, 2.24) is 24.8 Å². The number of nitrogens with one attached hydrogen (secondary N) is 2. The molecule has 2 aliphatic rings. The van der Waals surface area contributed by atoms with E-state index in [2.05, 4.69) is 58.9 Å². The van der Waals surface area contributed by atoms with Crippen molar-refractivity contribution in [3.63, 3.8) is 0 Å². The van der Waals surface area contributed by atoms with Crippen molar-refractivity contribution < 1.29 is 9.53 Å². The standard InChI is InChI=1S/C31H43N5O3/c1-20(2)15-27(31(38)39-25-7-5-6-8-25)32-18-22-9-10-28-26(17-22)34-29(23-16-21(3)30(37)33-19-23)36(28)24-11-13-35(4)14-12-24/h9-10,16-17,19-20,24-25,27,32H,5-8,11-15,18H2,1-4H3,(H,33,37)/t27-/m0/s1. The van der Waals surface area contributed by atoms with Gasteiger partial charge in [0.2, 0.25) is 0 Å². The number of hydrogen-bond donors (Lipinski definition) is 2. The monoisotopic (exact) mass is 533 g/mol. The fraction of sp³-hybridized carbons (Fsp3) is 0.581. The van der Waals surface area contributed by atoms with Gasteiger partial charge in [0.1, 0.15) is 18.0 Å². The van der Waals surface area contributed by atoms with Crippen molar-refractivity contribution in [3.8, 4) is 11.4 Å². The van der Waals surface area contributed by atoms with E-state index < -0.39 is 0 Å². The first-order valence-electron chi connectivity index (χ1n) is 14.6. The van der Waals surface area contributed by atoms with E-state index in [1.165, 1.54) is 0 Å². The minimum absolute atomic E-state index is 0.0727. The van der Waals surface area contributed by atoms with Crippen LogP contribution < -0.4 is 10.9 Å². The van der Waals surface area contributed by atoms with Gasteiger partial charge in [-0.2, -0.15) is 0 Å². The van der Waals surface area contributed by atoms with Gasteiger partial charge in [0.25, 0.3) is 5.56 Å². The maximum Gasteiger partial charge on any atom is 0.323 e. The van der Waals surface area contributed by atoms with Crippen molar-refractivity contribution in [1.29, 1.82) is 0 Å². The van der Waals surface area contributed by atoms with Crippen molar-refractivity contribution in [3.05, 3.63) is 51.9 Å². The summed E-state index contributed by atoms with van der Waals surface area (Å²) in [7, 11) is 2.17. The Morgan fingerprint density at radius 3 is 2.59 bits per heavy atom. The zero-order valence-electron chi connectivity index (χ0n) is 23.8. The first-order valence-corrected chi connectivity index (χ1v) is 14.6. The number of rotatable bonds is 9. The van der Waals surface area contributed by atoms with Gasteiger partial charge < -0.3 is 24.5 Å². The quantitative estimate of drug-likeness (QED) is 0.378. The molecule has 8 heteroatoms. The van der Waals surface area contributed by atoms with Crippen LogP contribution in [0.4, 0.5) is 0 Å². The molecule has 39 heavy (non-hydrogen) atoms. The summed E-state index contributed by atoms with van der Waals surface area (Å²) in [6, 6.07) is 8.38. The molecule has 0 spiro atoms. The first-order chi connectivity index (χ1) is 18.8. The second-order valence-electron chi connectivity index (χ2n) is 12.0. The number of nitrogens with zero attached hydrogens (tertiary/aromatic N) is 3. The van der Waals surface area contributed by atoms with Crippen molar-refractivity contribution >= 4 is 17.0 Å². The lowest BCUT2D eigenvalue weighted by Crippen LogP contribution is -2.40. The number of fused-ring (bicyclic) bond motifs is 1. The number of likely N-dealkylation sites (tertiary alicyclic amines) is 1. The number of aromatic nitrogens is 3. The van der Waals surface area contributed by atoms with E-state index in [0.29, 0.717) is 24.1 Å². The molecule has 3 heterocycles. The minimum Gasteiger partial charge on any atom is -0.461 e. The van der Waals surface area contributed by atoms with Crippen LogP contribution in [0, 0.1) is 12.8 Å². The molecule has 2 aromatic heterocycles. The van der Waals surface area contributed by atoms with Gasteiger partial charge in [-0.1, -0.05) is 19.9 Å². The Bertz CT molecular complexity index is 1350. The topological polar surface area (TPSA) is 92.2 Å². The average Bonchev–Trinajstić information content (AvgIpc) is 3.56. The third-order valence-corrected chi connectivity index (χ3v) is 8.28. The smallest absolute Gasteiger partial charge is 0.323 e. The number of aryl methyl sites for hydroxylation is 1. The van der Waals surface area contributed by atoms with Crippen LogP contribution in [0.5, 0.6) is 0 Å². The van der Waals surface area contributed by atoms with E-state index in [0.717, 1.165) is 86.0 Å². The van der Waals surface area contributed by atoms with Gasteiger partial charge in [-0.15, -0.1) is 0 Å². The molecule has 1 aromatic carbocycles. The van der Waals surface area contributed by atoms with Gasteiger partial charge in [0, 0.05) is 29.9 Å². The molecule has 1 saturated heterocycles. The molecule has 1 aliphatic carbocycles. The zero-order chi connectivity index (χ0) is 27.5. The molecule has 3 aromatic rings. The van der Waals surface area contributed by atoms with Gasteiger partial charge in [-0.3, -0.25) is 9.59 Å². The van der Waals surface area contributed by atoms with Crippen molar-refractivity contribution in [2.75, 3.05) is 20.1 Å². The van der Waals surface area contributed by atoms with Crippen molar-refractivity contribution in [2.45, 2.75) is 90.4 Å². The molecule has 0 bridgehead atoms. The summed E-state index contributed by atoms with van der Waals surface area (Å²) in [5.74, 6) is 1.15. The molecule has 2 fully saturated rings. The molecule has 0 radical (unpaired) electrons. The minimum atomic E-state index is -0.322. The number of esters is 1. The number of carbonyl (C=O) groups is 1. The van der Waals surface area contributed by atoms with E-state index in [9.17, 15) is 9.59 Å². The summed E-state index contributed by atoms with van der Waals surface area (Å²) in [4.78, 5) is 35.4. The number of benzene rings is 1. The molecule has 1 atom stereocenters. The number of piperidine rings is 1. The highest BCUT2D eigenvalue weighted by molar-refractivity contribution is 5.81.